The summed E-state index contributed by atoms with van der Waals surface area (Å²) in [5.41, 5.74) is 0.623. The van der Waals surface area contributed by atoms with E-state index in [1.54, 1.807) is 24.5 Å². The zero-order chi connectivity index (χ0) is 15.1. The quantitative estimate of drug-likeness (QED) is 0.514. The summed E-state index contributed by atoms with van der Waals surface area (Å²) in [5.74, 6) is 0. The first-order chi connectivity index (χ1) is 9.43. The molecule has 0 saturated heterocycles. The van der Waals surface area contributed by atoms with E-state index in [0.717, 1.165) is 8.95 Å². The van der Waals surface area contributed by atoms with E-state index in [0.29, 0.717) is 20.9 Å². The number of halogens is 5. The molecular weight excluding hydrogens is 452 g/mol. The van der Waals surface area contributed by atoms with E-state index < -0.39 is 0 Å². The highest BCUT2D eigenvalue weighted by atomic mass is 79.9. The van der Waals surface area contributed by atoms with E-state index in [4.69, 9.17) is 40.1 Å². The van der Waals surface area contributed by atoms with Gasteiger partial charge in [-0.1, -0.05) is 34.8 Å². The second kappa shape index (κ2) is 8.81. The van der Waals surface area contributed by atoms with Gasteiger partial charge in [-0.25, -0.2) is 4.98 Å². The third kappa shape index (κ3) is 5.94. The van der Waals surface area contributed by atoms with E-state index in [2.05, 4.69) is 41.8 Å². The lowest BCUT2D eigenvalue weighted by atomic mass is 10.3. The number of pyridine rings is 2. The van der Waals surface area contributed by atoms with Crippen molar-refractivity contribution in [3.05, 3.63) is 54.4 Å². The minimum atomic E-state index is 0.256. The molecule has 2 heterocycles. The Morgan fingerprint density at radius 3 is 2.00 bits per heavy atom. The van der Waals surface area contributed by atoms with Gasteiger partial charge in [-0.2, -0.15) is 5.26 Å². The van der Waals surface area contributed by atoms with E-state index in [1.165, 1.54) is 0 Å². The zero-order valence-corrected chi connectivity index (χ0v) is 15.2. The van der Waals surface area contributed by atoms with Crippen LogP contribution in [-0.4, -0.2) is 9.97 Å². The highest BCUT2D eigenvalue weighted by molar-refractivity contribution is 9.10. The molecular formula is C12H6Br2Cl3N3. The van der Waals surface area contributed by atoms with Crippen LogP contribution in [0.2, 0.25) is 15.2 Å². The van der Waals surface area contributed by atoms with Gasteiger partial charge in [-0.15, -0.1) is 0 Å². The van der Waals surface area contributed by atoms with Crippen LogP contribution in [0.25, 0.3) is 0 Å². The molecule has 0 bridgehead atoms. The molecule has 0 aromatic carbocycles. The summed E-state index contributed by atoms with van der Waals surface area (Å²) in [6.45, 7) is 0. The van der Waals surface area contributed by atoms with Gasteiger partial charge in [-0.05, 0) is 44.0 Å². The molecule has 104 valence electrons. The van der Waals surface area contributed by atoms with E-state index in [1.807, 2.05) is 6.07 Å². The van der Waals surface area contributed by atoms with Crippen molar-refractivity contribution in [2.75, 3.05) is 0 Å². The van der Waals surface area contributed by atoms with Gasteiger partial charge in [0.1, 0.15) is 5.15 Å². The molecule has 0 unspecified atom stereocenters. The van der Waals surface area contributed by atoms with Crippen molar-refractivity contribution in [2.45, 2.75) is 6.42 Å². The lowest BCUT2D eigenvalue weighted by molar-refractivity contribution is 1.11. The second-order valence-corrected chi connectivity index (χ2v) is 6.35. The minimum absolute atomic E-state index is 0.256. The van der Waals surface area contributed by atoms with Crippen molar-refractivity contribution in [3.63, 3.8) is 0 Å². The van der Waals surface area contributed by atoms with Crippen LogP contribution in [0.1, 0.15) is 5.69 Å². The van der Waals surface area contributed by atoms with Crippen molar-refractivity contribution in [3.8, 4) is 6.07 Å². The van der Waals surface area contributed by atoms with Crippen LogP contribution in [0, 0.1) is 11.3 Å². The Hall–Kier alpha value is -0.380. The molecule has 0 saturated carbocycles. The van der Waals surface area contributed by atoms with Crippen molar-refractivity contribution in [1.82, 2.24) is 9.97 Å². The lowest BCUT2D eigenvalue weighted by Crippen LogP contribution is -1.88. The summed E-state index contributed by atoms with van der Waals surface area (Å²) >= 11 is 23.3. The molecule has 8 heteroatoms. The molecule has 0 aliphatic heterocycles. The number of rotatable bonds is 1. The molecule has 0 N–H and O–H groups in total. The number of nitriles is 1. The number of hydrogen-bond donors (Lipinski definition) is 0. The molecule has 0 atom stereocenters. The fourth-order valence-electron chi connectivity index (χ4n) is 1.05. The van der Waals surface area contributed by atoms with Crippen LogP contribution in [0.4, 0.5) is 0 Å². The average molecular weight is 458 g/mol. The number of aromatic nitrogens is 2. The largest absolute Gasteiger partial charge is 0.257 e. The fourth-order valence-corrected chi connectivity index (χ4v) is 2.47. The van der Waals surface area contributed by atoms with Crippen LogP contribution in [0.5, 0.6) is 0 Å². The molecule has 2 aromatic heterocycles. The molecule has 0 fully saturated rings. The van der Waals surface area contributed by atoms with Crippen molar-refractivity contribution in [1.29, 1.82) is 5.26 Å². The normalized spacial score (nSPS) is 9.40. The average Bonchev–Trinajstić information content (AvgIpc) is 2.39. The summed E-state index contributed by atoms with van der Waals surface area (Å²) in [6.07, 6.45) is 3.47. The molecule has 0 aliphatic carbocycles. The molecule has 2 rings (SSSR count). The maximum Gasteiger partial charge on any atom is 0.147 e. The van der Waals surface area contributed by atoms with Crippen molar-refractivity contribution >= 4 is 66.7 Å². The fraction of sp³-hybridized carbons (Fsp3) is 0.0833. The van der Waals surface area contributed by atoms with Gasteiger partial charge in [-0.3, -0.25) is 4.98 Å². The van der Waals surface area contributed by atoms with Gasteiger partial charge in [0.15, 0.2) is 0 Å². The molecule has 20 heavy (non-hydrogen) atoms. The molecule has 2 aromatic rings. The molecule has 0 radical (unpaired) electrons. The van der Waals surface area contributed by atoms with Crippen LogP contribution in [0.3, 0.4) is 0 Å². The summed E-state index contributed by atoms with van der Waals surface area (Å²) in [5, 5.41) is 9.68. The maximum atomic E-state index is 8.35. The predicted octanol–water partition coefficient (Wildman–Crippen LogP) is 5.71. The molecule has 0 aliphatic rings. The molecule has 3 nitrogen and oxygen atoms in total. The van der Waals surface area contributed by atoms with Gasteiger partial charge >= 0.3 is 0 Å². The Bertz CT molecular complexity index is 644. The number of hydrogen-bond acceptors (Lipinski definition) is 3. The first kappa shape index (κ1) is 17.7. The van der Waals surface area contributed by atoms with Crippen LogP contribution in [-0.2, 0) is 6.42 Å². The molecule has 0 spiro atoms. The van der Waals surface area contributed by atoms with Crippen molar-refractivity contribution < 1.29 is 0 Å². The lowest BCUT2D eigenvalue weighted by Gasteiger charge is -1.96. The number of nitrogens with zero attached hydrogens (tertiary/aromatic N) is 3. The van der Waals surface area contributed by atoms with Gasteiger partial charge in [0.05, 0.1) is 28.2 Å². The summed E-state index contributed by atoms with van der Waals surface area (Å²) < 4.78 is 1.65. The topological polar surface area (TPSA) is 49.6 Å². The van der Waals surface area contributed by atoms with E-state index in [9.17, 15) is 0 Å². The Balaban J connectivity index is 0.000000204. The van der Waals surface area contributed by atoms with E-state index >= 15 is 0 Å². The van der Waals surface area contributed by atoms with Gasteiger partial charge < -0.3 is 0 Å². The Morgan fingerprint density at radius 1 is 1.00 bits per heavy atom. The summed E-state index contributed by atoms with van der Waals surface area (Å²) in [4.78, 5) is 7.73. The Labute approximate surface area is 148 Å². The van der Waals surface area contributed by atoms with E-state index in [-0.39, 0.29) is 6.42 Å². The predicted molar refractivity (Wildman–Crippen MR) is 88.2 cm³/mol. The second-order valence-electron chi connectivity index (χ2n) is 3.34. The smallest absolute Gasteiger partial charge is 0.147 e. The first-order valence-corrected chi connectivity index (χ1v) is 7.79. The van der Waals surface area contributed by atoms with Crippen LogP contribution < -0.4 is 0 Å². The van der Waals surface area contributed by atoms with Gasteiger partial charge in [0.2, 0.25) is 0 Å². The standard InChI is InChI=1S/C7H4BrClN2.C5H2BrCl2N/c8-5-3-6(9)7(1-2-10)11-4-5;6-3-1-4(7)5(8)9-2-3/h3-4H,1H2;1-2H. The van der Waals surface area contributed by atoms with Gasteiger partial charge in [0.25, 0.3) is 0 Å². The molecule has 0 amide bonds. The highest BCUT2D eigenvalue weighted by Crippen LogP contribution is 2.22. The minimum Gasteiger partial charge on any atom is -0.257 e. The van der Waals surface area contributed by atoms with Crippen molar-refractivity contribution in [2.24, 2.45) is 0 Å². The third-order valence-electron chi connectivity index (χ3n) is 1.89. The Kier molecular flexibility index (Phi) is 7.78. The zero-order valence-electron chi connectivity index (χ0n) is 9.75. The third-order valence-corrected chi connectivity index (χ3v) is 3.77. The first-order valence-electron chi connectivity index (χ1n) is 5.07. The highest BCUT2D eigenvalue weighted by Gasteiger charge is 2.00. The SMILES string of the molecule is Clc1cc(Br)cnc1Cl.N#CCc1ncc(Br)cc1Cl. The van der Waals surface area contributed by atoms with Gasteiger partial charge in [0, 0.05) is 21.3 Å². The monoisotopic (exact) mass is 455 g/mol. The van der Waals surface area contributed by atoms with Crippen LogP contribution in [0.15, 0.2) is 33.5 Å². The maximum absolute atomic E-state index is 8.35. The Morgan fingerprint density at radius 2 is 1.55 bits per heavy atom. The summed E-state index contributed by atoms with van der Waals surface area (Å²) in [6, 6.07) is 5.40. The van der Waals surface area contributed by atoms with Crippen LogP contribution >= 0.6 is 66.7 Å². The summed E-state index contributed by atoms with van der Waals surface area (Å²) in [7, 11) is 0.